The predicted octanol–water partition coefficient (Wildman–Crippen LogP) is 2.81. The van der Waals surface area contributed by atoms with Crippen LogP contribution >= 0.6 is 0 Å². The number of likely N-dealkylation sites (N-methyl/N-ethyl adjacent to an activating group) is 1. The zero-order valence-corrected chi connectivity index (χ0v) is 20.4. The molecule has 0 spiro atoms. The van der Waals surface area contributed by atoms with Gasteiger partial charge in [0.1, 0.15) is 17.3 Å². The standard InChI is InChI=1S/C26H33N7O2/c1-32-11-5-7-19(32)17-28-26-30-23(16-24(31-26)33-12-9-27-10-13-33)25(34)29-22-15-20(35-2)14-18-6-3-4-8-21(18)22/h3-4,6,8,14-16,19,27H,5,7,9-13,17H2,1-2H3,(H,29,34)(H,28,30,31). The summed E-state index contributed by atoms with van der Waals surface area (Å²) in [6.45, 7) is 5.31. The zero-order chi connectivity index (χ0) is 24.2. The van der Waals surface area contributed by atoms with Crippen molar-refractivity contribution in [1.29, 1.82) is 0 Å². The van der Waals surface area contributed by atoms with Crippen LogP contribution in [0.4, 0.5) is 17.5 Å². The Labute approximate surface area is 205 Å². The van der Waals surface area contributed by atoms with Crippen molar-refractivity contribution in [2.75, 3.05) is 69.0 Å². The van der Waals surface area contributed by atoms with E-state index in [0.717, 1.165) is 62.3 Å². The number of rotatable bonds is 7. The maximum atomic E-state index is 13.4. The molecule has 0 bridgehead atoms. The Morgan fingerprint density at radius 2 is 1.97 bits per heavy atom. The number of likely N-dealkylation sites (tertiary alicyclic amines) is 1. The lowest BCUT2D eigenvalue weighted by Gasteiger charge is -2.29. The quantitative estimate of drug-likeness (QED) is 0.480. The van der Waals surface area contributed by atoms with E-state index < -0.39 is 0 Å². The number of carbonyl (C=O) groups is 1. The van der Waals surface area contributed by atoms with Gasteiger partial charge in [-0.3, -0.25) is 4.79 Å². The van der Waals surface area contributed by atoms with Crippen molar-refractivity contribution in [2.24, 2.45) is 0 Å². The van der Waals surface area contributed by atoms with E-state index in [1.54, 1.807) is 13.2 Å². The first-order valence-electron chi connectivity index (χ1n) is 12.3. The molecule has 9 heteroatoms. The lowest BCUT2D eigenvalue weighted by atomic mass is 10.1. The van der Waals surface area contributed by atoms with Crippen molar-refractivity contribution < 1.29 is 9.53 Å². The number of anilines is 3. The van der Waals surface area contributed by atoms with E-state index in [-0.39, 0.29) is 5.91 Å². The van der Waals surface area contributed by atoms with Crippen LogP contribution in [0.1, 0.15) is 23.3 Å². The monoisotopic (exact) mass is 475 g/mol. The van der Waals surface area contributed by atoms with Crippen LogP contribution in [0.5, 0.6) is 5.75 Å². The average Bonchev–Trinajstić information content (AvgIpc) is 3.32. The fourth-order valence-electron chi connectivity index (χ4n) is 4.82. The summed E-state index contributed by atoms with van der Waals surface area (Å²) >= 11 is 0. The van der Waals surface area contributed by atoms with E-state index >= 15 is 0 Å². The Kier molecular flexibility index (Phi) is 6.96. The molecule has 2 fully saturated rings. The minimum atomic E-state index is -0.275. The highest BCUT2D eigenvalue weighted by molar-refractivity contribution is 6.09. The number of aromatic nitrogens is 2. The van der Waals surface area contributed by atoms with Gasteiger partial charge >= 0.3 is 0 Å². The molecule has 2 aliphatic heterocycles. The second-order valence-electron chi connectivity index (χ2n) is 9.18. The van der Waals surface area contributed by atoms with Crippen molar-refractivity contribution in [3.05, 3.63) is 48.2 Å². The molecular formula is C26H33N7O2. The molecule has 0 aliphatic carbocycles. The molecule has 2 aliphatic rings. The van der Waals surface area contributed by atoms with Gasteiger partial charge in [0, 0.05) is 56.3 Å². The smallest absolute Gasteiger partial charge is 0.274 e. The van der Waals surface area contributed by atoms with Gasteiger partial charge in [-0.1, -0.05) is 24.3 Å². The largest absolute Gasteiger partial charge is 0.497 e. The molecule has 3 heterocycles. The van der Waals surface area contributed by atoms with Gasteiger partial charge in [-0.15, -0.1) is 0 Å². The van der Waals surface area contributed by atoms with E-state index in [0.29, 0.717) is 29.1 Å². The van der Waals surface area contributed by atoms with Crippen molar-refractivity contribution in [3.63, 3.8) is 0 Å². The Bertz CT molecular complexity index is 1200. The van der Waals surface area contributed by atoms with E-state index in [4.69, 9.17) is 9.72 Å². The third kappa shape index (κ3) is 5.31. The maximum Gasteiger partial charge on any atom is 0.274 e. The van der Waals surface area contributed by atoms with E-state index in [1.165, 1.54) is 6.42 Å². The fourth-order valence-corrected chi connectivity index (χ4v) is 4.82. The van der Waals surface area contributed by atoms with Crippen LogP contribution in [0.2, 0.25) is 0 Å². The number of hydrogen-bond acceptors (Lipinski definition) is 8. The summed E-state index contributed by atoms with van der Waals surface area (Å²) < 4.78 is 5.45. The summed E-state index contributed by atoms with van der Waals surface area (Å²) in [6, 6.07) is 14.0. The number of benzene rings is 2. The first-order chi connectivity index (χ1) is 17.1. The molecule has 9 nitrogen and oxygen atoms in total. The number of piperazine rings is 1. The summed E-state index contributed by atoms with van der Waals surface area (Å²) in [7, 11) is 3.77. The predicted molar refractivity (Wildman–Crippen MR) is 140 cm³/mol. The van der Waals surface area contributed by atoms with Crippen molar-refractivity contribution in [3.8, 4) is 5.75 Å². The van der Waals surface area contributed by atoms with Gasteiger partial charge in [-0.25, -0.2) is 4.98 Å². The van der Waals surface area contributed by atoms with E-state index in [2.05, 4.69) is 37.8 Å². The van der Waals surface area contributed by atoms with Crippen LogP contribution in [0, 0.1) is 0 Å². The molecule has 5 rings (SSSR count). The minimum absolute atomic E-state index is 0.275. The highest BCUT2D eigenvalue weighted by Crippen LogP contribution is 2.30. The molecular weight excluding hydrogens is 442 g/mol. The number of ether oxygens (including phenoxy) is 1. The topological polar surface area (TPSA) is 94.7 Å². The molecule has 35 heavy (non-hydrogen) atoms. The fraction of sp³-hybridized carbons (Fsp3) is 0.423. The van der Waals surface area contributed by atoms with Crippen LogP contribution < -0.4 is 25.6 Å². The number of fused-ring (bicyclic) bond motifs is 1. The number of nitrogens with zero attached hydrogens (tertiary/aromatic N) is 4. The third-order valence-corrected chi connectivity index (χ3v) is 6.87. The summed E-state index contributed by atoms with van der Waals surface area (Å²) in [5.41, 5.74) is 1.03. The first kappa shape index (κ1) is 23.3. The molecule has 3 aromatic rings. The lowest BCUT2D eigenvalue weighted by molar-refractivity contribution is 0.102. The molecule has 1 aromatic heterocycles. The lowest BCUT2D eigenvalue weighted by Crippen LogP contribution is -2.44. The molecule has 1 amide bonds. The van der Waals surface area contributed by atoms with Gasteiger partial charge in [0.25, 0.3) is 5.91 Å². The van der Waals surface area contributed by atoms with Gasteiger partial charge in [-0.2, -0.15) is 4.98 Å². The maximum absolute atomic E-state index is 13.4. The van der Waals surface area contributed by atoms with Gasteiger partial charge in [0.2, 0.25) is 5.95 Å². The summed E-state index contributed by atoms with van der Waals surface area (Å²) in [4.78, 5) is 27.4. The second-order valence-corrected chi connectivity index (χ2v) is 9.18. The third-order valence-electron chi connectivity index (χ3n) is 6.87. The normalized spacial score (nSPS) is 18.6. The van der Waals surface area contributed by atoms with Crippen LogP contribution in [-0.2, 0) is 0 Å². The SMILES string of the molecule is COc1cc(NC(=O)c2cc(N3CCNCC3)nc(NCC3CCCN3C)n2)c2ccccc2c1. The Morgan fingerprint density at radius 1 is 1.14 bits per heavy atom. The summed E-state index contributed by atoms with van der Waals surface area (Å²) in [5.74, 6) is 1.67. The average molecular weight is 476 g/mol. The Morgan fingerprint density at radius 3 is 2.74 bits per heavy atom. The van der Waals surface area contributed by atoms with E-state index in [1.807, 2.05) is 36.4 Å². The molecule has 0 radical (unpaired) electrons. The van der Waals surface area contributed by atoms with Gasteiger partial charge < -0.3 is 30.5 Å². The van der Waals surface area contributed by atoms with Gasteiger partial charge in [-0.05, 0) is 37.9 Å². The van der Waals surface area contributed by atoms with Crippen molar-refractivity contribution in [2.45, 2.75) is 18.9 Å². The second kappa shape index (κ2) is 10.5. The number of nitrogens with one attached hydrogen (secondary N) is 3. The van der Waals surface area contributed by atoms with Crippen LogP contribution in [0.3, 0.4) is 0 Å². The Balaban J connectivity index is 1.43. The van der Waals surface area contributed by atoms with Crippen LogP contribution in [0.15, 0.2) is 42.5 Å². The van der Waals surface area contributed by atoms with Crippen molar-refractivity contribution in [1.82, 2.24) is 20.2 Å². The van der Waals surface area contributed by atoms with Crippen LogP contribution in [-0.4, -0.2) is 80.2 Å². The molecule has 2 aromatic carbocycles. The highest BCUT2D eigenvalue weighted by Gasteiger charge is 2.22. The summed E-state index contributed by atoms with van der Waals surface area (Å²) in [5, 5.41) is 11.8. The summed E-state index contributed by atoms with van der Waals surface area (Å²) in [6.07, 6.45) is 2.35. The Hall–Kier alpha value is -3.43. The molecule has 3 N–H and O–H groups in total. The van der Waals surface area contributed by atoms with Gasteiger partial charge in [0.05, 0.1) is 12.8 Å². The number of methoxy groups -OCH3 is 1. The molecule has 1 atom stereocenters. The minimum Gasteiger partial charge on any atom is -0.497 e. The van der Waals surface area contributed by atoms with Crippen molar-refractivity contribution >= 4 is 34.1 Å². The van der Waals surface area contributed by atoms with E-state index in [9.17, 15) is 4.79 Å². The zero-order valence-electron chi connectivity index (χ0n) is 20.4. The molecule has 1 unspecified atom stereocenters. The first-order valence-corrected chi connectivity index (χ1v) is 12.3. The number of hydrogen-bond donors (Lipinski definition) is 3. The molecule has 184 valence electrons. The highest BCUT2D eigenvalue weighted by atomic mass is 16.5. The molecule has 0 saturated carbocycles. The van der Waals surface area contributed by atoms with Crippen LogP contribution in [0.25, 0.3) is 10.8 Å². The van der Waals surface area contributed by atoms with Gasteiger partial charge in [0.15, 0.2) is 0 Å². The number of carbonyl (C=O) groups excluding carboxylic acids is 1. The molecule has 2 saturated heterocycles. The number of amides is 1.